The van der Waals surface area contributed by atoms with Crippen LogP contribution >= 0.6 is 0 Å². The van der Waals surface area contributed by atoms with Gasteiger partial charge in [-0.1, -0.05) is 6.07 Å². The molecule has 2 heterocycles. The lowest BCUT2D eigenvalue weighted by atomic mass is 10.1. The van der Waals surface area contributed by atoms with Crippen LogP contribution in [0.3, 0.4) is 0 Å². The summed E-state index contributed by atoms with van der Waals surface area (Å²) in [7, 11) is -2.98. The summed E-state index contributed by atoms with van der Waals surface area (Å²) in [5, 5.41) is 2.77. The normalized spacial score (nSPS) is 20.7. The van der Waals surface area contributed by atoms with Gasteiger partial charge in [0.1, 0.15) is 5.52 Å². The summed E-state index contributed by atoms with van der Waals surface area (Å²) < 4.78 is 28.1. The molecule has 3 rings (SSSR count). The summed E-state index contributed by atoms with van der Waals surface area (Å²) in [5.41, 5.74) is 2.23. The number of rotatable bonds is 3. The van der Waals surface area contributed by atoms with Gasteiger partial charge in [-0.2, -0.15) is 0 Å². The third kappa shape index (κ3) is 3.24. The maximum Gasteiger partial charge on any atom is 0.224 e. The van der Waals surface area contributed by atoms with Gasteiger partial charge in [-0.25, -0.2) is 13.4 Å². The van der Waals surface area contributed by atoms with Crippen LogP contribution < -0.4 is 5.32 Å². The van der Waals surface area contributed by atoms with Crippen LogP contribution in [0.2, 0.25) is 0 Å². The Morgan fingerprint density at radius 2 is 2.29 bits per heavy atom. The molecule has 1 aliphatic rings. The van der Waals surface area contributed by atoms with E-state index in [0.29, 0.717) is 17.9 Å². The van der Waals surface area contributed by atoms with E-state index >= 15 is 0 Å². The van der Waals surface area contributed by atoms with E-state index in [1.54, 1.807) is 13.0 Å². The Labute approximate surface area is 122 Å². The zero-order chi connectivity index (χ0) is 15.0. The molecule has 1 aliphatic heterocycles. The molecule has 0 bridgehead atoms. The van der Waals surface area contributed by atoms with Gasteiger partial charge in [-0.3, -0.25) is 4.79 Å². The standard InChI is InChI=1S/C14H16N2O4S/c1-9-15-12-3-2-10(6-13(12)20-9)7-14(17)16-11-4-5-21(18,19)8-11/h2-3,6,11H,4-5,7-8H2,1H3,(H,16,17). The maximum atomic E-state index is 12.0. The minimum absolute atomic E-state index is 0.0407. The van der Waals surface area contributed by atoms with E-state index < -0.39 is 9.84 Å². The Bertz CT molecular complexity index is 794. The third-order valence-corrected chi connectivity index (χ3v) is 5.29. The average molecular weight is 308 g/mol. The van der Waals surface area contributed by atoms with Gasteiger partial charge in [0.15, 0.2) is 21.3 Å². The molecule has 1 atom stereocenters. The van der Waals surface area contributed by atoms with Crippen molar-refractivity contribution in [3.63, 3.8) is 0 Å². The quantitative estimate of drug-likeness (QED) is 0.913. The van der Waals surface area contributed by atoms with Crippen LogP contribution in [-0.2, 0) is 21.1 Å². The maximum absolute atomic E-state index is 12.0. The van der Waals surface area contributed by atoms with Crippen molar-refractivity contribution in [1.29, 1.82) is 0 Å². The minimum Gasteiger partial charge on any atom is -0.441 e. The fourth-order valence-corrected chi connectivity index (χ4v) is 4.24. The zero-order valence-electron chi connectivity index (χ0n) is 11.6. The number of oxazole rings is 1. The highest BCUT2D eigenvalue weighted by atomic mass is 32.2. The number of hydrogen-bond donors (Lipinski definition) is 1. The lowest BCUT2D eigenvalue weighted by Gasteiger charge is -2.10. The Morgan fingerprint density at radius 3 is 3.00 bits per heavy atom. The average Bonchev–Trinajstić information content (AvgIpc) is 2.90. The first-order chi connectivity index (χ1) is 9.91. The molecule has 1 N–H and O–H groups in total. The molecule has 1 amide bonds. The number of benzene rings is 1. The van der Waals surface area contributed by atoms with Gasteiger partial charge >= 0.3 is 0 Å². The van der Waals surface area contributed by atoms with E-state index in [0.717, 1.165) is 11.1 Å². The Hall–Kier alpha value is -1.89. The number of nitrogens with one attached hydrogen (secondary N) is 1. The van der Waals surface area contributed by atoms with Crippen molar-refractivity contribution in [1.82, 2.24) is 10.3 Å². The largest absolute Gasteiger partial charge is 0.441 e. The van der Waals surface area contributed by atoms with Crippen LogP contribution in [0.25, 0.3) is 11.1 Å². The van der Waals surface area contributed by atoms with Gasteiger partial charge < -0.3 is 9.73 Å². The zero-order valence-corrected chi connectivity index (χ0v) is 12.4. The van der Waals surface area contributed by atoms with E-state index in [-0.39, 0.29) is 29.9 Å². The predicted molar refractivity (Wildman–Crippen MR) is 77.7 cm³/mol. The lowest BCUT2D eigenvalue weighted by molar-refractivity contribution is -0.120. The van der Waals surface area contributed by atoms with Crippen LogP contribution in [0.4, 0.5) is 0 Å². The number of carbonyl (C=O) groups excluding carboxylic acids is 1. The number of carbonyl (C=O) groups is 1. The highest BCUT2D eigenvalue weighted by Crippen LogP contribution is 2.17. The van der Waals surface area contributed by atoms with Gasteiger partial charge in [0.25, 0.3) is 0 Å². The summed E-state index contributed by atoms with van der Waals surface area (Å²) >= 11 is 0. The smallest absolute Gasteiger partial charge is 0.224 e. The van der Waals surface area contributed by atoms with Crippen molar-refractivity contribution in [2.75, 3.05) is 11.5 Å². The molecule has 2 aromatic rings. The van der Waals surface area contributed by atoms with Crippen LogP contribution in [0.15, 0.2) is 22.6 Å². The molecule has 7 heteroatoms. The van der Waals surface area contributed by atoms with Gasteiger partial charge in [0.2, 0.25) is 5.91 Å². The van der Waals surface area contributed by atoms with E-state index in [1.165, 1.54) is 0 Å². The first kappa shape index (κ1) is 14.1. The van der Waals surface area contributed by atoms with Crippen molar-refractivity contribution in [2.45, 2.75) is 25.8 Å². The van der Waals surface area contributed by atoms with Gasteiger partial charge in [0, 0.05) is 13.0 Å². The molecule has 1 aromatic heterocycles. The number of aromatic nitrogens is 1. The predicted octanol–water partition coefficient (Wildman–Crippen LogP) is 0.982. The van der Waals surface area contributed by atoms with Gasteiger partial charge in [-0.05, 0) is 24.1 Å². The summed E-state index contributed by atoms with van der Waals surface area (Å²) in [4.78, 5) is 16.2. The molecule has 0 radical (unpaired) electrons. The highest BCUT2D eigenvalue weighted by Gasteiger charge is 2.28. The highest BCUT2D eigenvalue weighted by molar-refractivity contribution is 7.91. The topological polar surface area (TPSA) is 89.3 Å². The fourth-order valence-electron chi connectivity index (χ4n) is 2.57. The summed E-state index contributed by atoms with van der Waals surface area (Å²) in [6, 6.07) is 5.17. The number of nitrogens with zero attached hydrogens (tertiary/aromatic N) is 1. The molecular weight excluding hydrogens is 292 g/mol. The second-order valence-electron chi connectivity index (χ2n) is 5.38. The summed E-state index contributed by atoms with van der Waals surface area (Å²) in [5.74, 6) is 0.607. The van der Waals surface area contributed by atoms with Gasteiger partial charge in [-0.15, -0.1) is 0 Å². The Morgan fingerprint density at radius 1 is 1.48 bits per heavy atom. The van der Waals surface area contributed by atoms with Crippen molar-refractivity contribution < 1.29 is 17.6 Å². The van der Waals surface area contributed by atoms with Crippen molar-refractivity contribution in [3.8, 4) is 0 Å². The van der Waals surface area contributed by atoms with E-state index in [2.05, 4.69) is 10.3 Å². The molecule has 1 saturated heterocycles. The summed E-state index contributed by atoms with van der Waals surface area (Å²) in [6.07, 6.45) is 0.695. The van der Waals surface area contributed by atoms with Crippen molar-refractivity contribution in [3.05, 3.63) is 29.7 Å². The molecule has 1 aromatic carbocycles. The lowest BCUT2D eigenvalue weighted by Crippen LogP contribution is -2.36. The first-order valence-electron chi connectivity index (χ1n) is 6.77. The molecule has 0 aliphatic carbocycles. The van der Waals surface area contributed by atoms with Crippen LogP contribution in [0.1, 0.15) is 17.9 Å². The second-order valence-corrected chi connectivity index (χ2v) is 7.61. The third-order valence-electron chi connectivity index (χ3n) is 3.52. The first-order valence-corrected chi connectivity index (χ1v) is 8.59. The number of aryl methyl sites for hydroxylation is 1. The van der Waals surface area contributed by atoms with Crippen LogP contribution in [-0.4, -0.2) is 36.9 Å². The summed E-state index contributed by atoms with van der Waals surface area (Å²) in [6.45, 7) is 1.77. The van der Waals surface area contributed by atoms with E-state index in [1.807, 2.05) is 12.1 Å². The van der Waals surface area contributed by atoms with Crippen molar-refractivity contribution in [2.24, 2.45) is 0 Å². The second kappa shape index (κ2) is 5.14. The molecule has 6 nitrogen and oxygen atoms in total. The minimum atomic E-state index is -2.98. The van der Waals surface area contributed by atoms with Crippen LogP contribution in [0.5, 0.6) is 0 Å². The Kier molecular flexibility index (Phi) is 3.44. The van der Waals surface area contributed by atoms with E-state index in [9.17, 15) is 13.2 Å². The number of amides is 1. The Balaban J connectivity index is 1.66. The molecule has 21 heavy (non-hydrogen) atoms. The SMILES string of the molecule is Cc1nc2ccc(CC(=O)NC3CCS(=O)(=O)C3)cc2o1. The molecule has 1 fully saturated rings. The number of fused-ring (bicyclic) bond motifs is 1. The van der Waals surface area contributed by atoms with Crippen LogP contribution in [0, 0.1) is 6.92 Å². The number of sulfone groups is 1. The molecular formula is C14H16N2O4S. The molecule has 112 valence electrons. The molecule has 0 saturated carbocycles. The van der Waals surface area contributed by atoms with Crippen molar-refractivity contribution >= 4 is 26.8 Å². The monoisotopic (exact) mass is 308 g/mol. The molecule has 1 unspecified atom stereocenters. The molecule has 0 spiro atoms. The fraction of sp³-hybridized carbons (Fsp3) is 0.429. The van der Waals surface area contributed by atoms with Gasteiger partial charge in [0.05, 0.1) is 17.9 Å². The van der Waals surface area contributed by atoms with E-state index in [4.69, 9.17) is 4.42 Å². The number of hydrogen-bond acceptors (Lipinski definition) is 5.